The smallest absolute Gasteiger partial charge is 0.214 e. The second kappa shape index (κ2) is 18.8. The second-order valence-corrected chi connectivity index (χ2v) is 13.2. The molecule has 2 aromatic heterocycles. The van der Waals surface area contributed by atoms with Gasteiger partial charge in [-0.25, -0.2) is 13.8 Å². The number of aromatic nitrogens is 2. The molecule has 47 heavy (non-hydrogen) atoms. The molecule has 0 bridgehead atoms. The van der Waals surface area contributed by atoms with Crippen LogP contribution in [-0.4, -0.2) is 65.0 Å². The van der Waals surface area contributed by atoms with E-state index in [2.05, 4.69) is 25.1 Å². The van der Waals surface area contributed by atoms with Crippen LogP contribution in [0.1, 0.15) is 87.7 Å². The van der Waals surface area contributed by atoms with Crippen LogP contribution in [0.3, 0.4) is 0 Å². The van der Waals surface area contributed by atoms with Gasteiger partial charge in [-0.2, -0.15) is 0 Å². The number of carbonyl (C=O) groups excluding carboxylic acids is 1. The van der Waals surface area contributed by atoms with Crippen molar-refractivity contribution in [3.63, 3.8) is 0 Å². The Labute approximate surface area is 279 Å². The lowest BCUT2D eigenvalue weighted by atomic mass is 9.85. The molecule has 0 radical (unpaired) electrons. The van der Waals surface area contributed by atoms with Gasteiger partial charge in [-0.05, 0) is 81.9 Å². The zero-order valence-electron chi connectivity index (χ0n) is 27.8. The lowest BCUT2D eigenvalue weighted by Gasteiger charge is -2.26. The van der Waals surface area contributed by atoms with Gasteiger partial charge in [0, 0.05) is 61.9 Å². The molecule has 2 saturated heterocycles. The summed E-state index contributed by atoms with van der Waals surface area (Å²) in [6, 6.07) is 15.1. The molecule has 254 valence electrons. The Morgan fingerprint density at radius 2 is 1.36 bits per heavy atom. The van der Waals surface area contributed by atoms with Gasteiger partial charge in [-0.1, -0.05) is 44.2 Å². The summed E-state index contributed by atoms with van der Waals surface area (Å²) in [6.45, 7) is 6.69. The number of anilines is 1. The van der Waals surface area contributed by atoms with E-state index in [-0.39, 0.29) is 5.92 Å². The number of ether oxygens (including phenoxy) is 1. The summed E-state index contributed by atoms with van der Waals surface area (Å²) in [4.78, 5) is 26.4. The van der Waals surface area contributed by atoms with Crippen molar-refractivity contribution in [2.45, 2.75) is 90.0 Å². The molecule has 9 heteroatoms. The molecule has 0 unspecified atom stereocenters. The van der Waals surface area contributed by atoms with E-state index in [1.165, 1.54) is 83.0 Å². The number of piperidine rings is 2. The Morgan fingerprint density at radius 3 is 2.09 bits per heavy atom. The standard InChI is InChI=1S/C19H23F2N3.C19H28N2O2/c20-15-11-16(21)13-19(12-15)22-14-18-6-4-5-17(23-18)7-10-24-8-2-1-3-9-24;22-18(16-8-3-1-4-9-16)14-17-10-7-11-19(20-17)23-15-21-12-5-2-6-13-21/h4-6,11-13,22H,1-3,7-10,14H2;7,10-11,16H,1-6,8-9,12-15H2. The third kappa shape index (κ3) is 12.3. The SMILES string of the molecule is Fc1cc(F)cc(NCc2cccc(CCN3CCCCC3)n2)c1.O=C(Cc1cccc(OCN2CCCCC2)n1)C1CCCCC1. The second-order valence-electron chi connectivity index (χ2n) is 13.2. The third-order valence-corrected chi connectivity index (χ3v) is 9.37. The van der Waals surface area contributed by atoms with E-state index in [1.807, 2.05) is 36.4 Å². The third-order valence-electron chi connectivity index (χ3n) is 9.37. The van der Waals surface area contributed by atoms with Gasteiger partial charge in [0.2, 0.25) is 5.88 Å². The molecule has 1 N–H and O–H groups in total. The van der Waals surface area contributed by atoms with Crippen molar-refractivity contribution in [1.29, 1.82) is 0 Å². The predicted octanol–water partition coefficient (Wildman–Crippen LogP) is 7.60. The quantitative estimate of drug-likeness (QED) is 0.217. The first-order valence-corrected chi connectivity index (χ1v) is 17.7. The normalized spacial score (nSPS) is 17.8. The number of pyridine rings is 2. The molecule has 2 aliphatic heterocycles. The lowest BCUT2D eigenvalue weighted by molar-refractivity contribution is -0.123. The minimum atomic E-state index is -0.583. The van der Waals surface area contributed by atoms with Crippen molar-refractivity contribution >= 4 is 11.5 Å². The van der Waals surface area contributed by atoms with E-state index in [0.717, 1.165) is 62.0 Å². The average Bonchev–Trinajstić information content (AvgIpc) is 3.10. The Bertz CT molecular complexity index is 1370. The minimum Gasteiger partial charge on any atom is -0.461 e. The first kappa shape index (κ1) is 34.9. The number of halogens is 2. The fraction of sp³-hybridized carbons (Fsp3) is 0.553. The van der Waals surface area contributed by atoms with Crippen molar-refractivity contribution in [2.75, 3.05) is 44.8 Å². The van der Waals surface area contributed by atoms with Crippen LogP contribution in [0.4, 0.5) is 14.5 Å². The number of rotatable bonds is 12. The van der Waals surface area contributed by atoms with Crippen LogP contribution >= 0.6 is 0 Å². The summed E-state index contributed by atoms with van der Waals surface area (Å²) in [5.41, 5.74) is 3.20. The molecule has 6 rings (SSSR count). The summed E-state index contributed by atoms with van der Waals surface area (Å²) in [7, 11) is 0. The molecule has 0 atom stereocenters. The Kier molecular flexibility index (Phi) is 13.9. The number of likely N-dealkylation sites (tertiary alicyclic amines) is 2. The fourth-order valence-corrected chi connectivity index (χ4v) is 6.70. The first-order valence-electron chi connectivity index (χ1n) is 17.7. The van der Waals surface area contributed by atoms with Crippen molar-refractivity contribution in [1.82, 2.24) is 19.8 Å². The summed E-state index contributed by atoms with van der Waals surface area (Å²) in [5.74, 6) is 0.0832. The van der Waals surface area contributed by atoms with Crippen LogP contribution in [0.25, 0.3) is 0 Å². The zero-order chi connectivity index (χ0) is 32.7. The van der Waals surface area contributed by atoms with Gasteiger partial charge in [-0.3, -0.25) is 14.7 Å². The van der Waals surface area contributed by atoms with Crippen LogP contribution in [-0.2, 0) is 24.2 Å². The number of benzene rings is 1. The molecule has 3 aromatic rings. The summed E-state index contributed by atoms with van der Waals surface area (Å²) in [5, 5.41) is 3.02. The van der Waals surface area contributed by atoms with Crippen molar-refractivity contribution in [3.05, 3.63) is 83.3 Å². The Hall–Kier alpha value is -3.43. The van der Waals surface area contributed by atoms with Gasteiger partial charge < -0.3 is 15.0 Å². The lowest BCUT2D eigenvalue weighted by Crippen LogP contribution is -2.33. The van der Waals surface area contributed by atoms with E-state index in [1.54, 1.807) is 0 Å². The Morgan fingerprint density at radius 1 is 0.745 bits per heavy atom. The molecule has 3 aliphatic rings. The Balaban J connectivity index is 0.000000185. The number of carbonyl (C=O) groups is 1. The van der Waals surface area contributed by atoms with E-state index < -0.39 is 11.6 Å². The van der Waals surface area contributed by atoms with Crippen molar-refractivity contribution < 1.29 is 18.3 Å². The number of ketones is 1. The maximum absolute atomic E-state index is 13.2. The van der Waals surface area contributed by atoms with Gasteiger partial charge in [-0.15, -0.1) is 0 Å². The fourth-order valence-electron chi connectivity index (χ4n) is 6.70. The summed E-state index contributed by atoms with van der Waals surface area (Å²) in [6.07, 6.45) is 14.9. The molecule has 4 heterocycles. The average molecular weight is 648 g/mol. The van der Waals surface area contributed by atoms with Crippen LogP contribution in [0.5, 0.6) is 5.88 Å². The molecular weight excluding hydrogens is 596 g/mol. The van der Waals surface area contributed by atoms with Gasteiger partial charge in [0.1, 0.15) is 24.1 Å². The highest BCUT2D eigenvalue weighted by molar-refractivity contribution is 5.83. The van der Waals surface area contributed by atoms with Crippen molar-refractivity contribution in [3.8, 4) is 5.88 Å². The number of nitrogens with one attached hydrogen (secondary N) is 1. The van der Waals surface area contributed by atoms with Gasteiger partial charge in [0.15, 0.2) is 0 Å². The molecule has 3 fully saturated rings. The summed E-state index contributed by atoms with van der Waals surface area (Å²) < 4.78 is 32.2. The van der Waals surface area contributed by atoms with Gasteiger partial charge in [0.05, 0.1) is 17.9 Å². The molecule has 0 spiro atoms. The monoisotopic (exact) mass is 647 g/mol. The molecule has 1 aliphatic carbocycles. The van der Waals surface area contributed by atoms with Gasteiger partial charge >= 0.3 is 0 Å². The van der Waals surface area contributed by atoms with E-state index >= 15 is 0 Å². The van der Waals surface area contributed by atoms with Crippen molar-refractivity contribution in [2.24, 2.45) is 5.92 Å². The molecule has 1 saturated carbocycles. The number of hydrogen-bond donors (Lipinski definition) is 1. The highest BCUT2D eigenvalue weighted by Gasteiger charge is 2.21. The molecular formula is C38H51F2N5O2. The number of hydrogen-bond acceptors (Lipinski definition) is 7. The highest BCUT2D eigenvalue weighted by atomic mass is 19.1. The molecule has 0 amide bonds. The van der Waals surface area contributed by atoms with E-state index in [4.69, 9.17) is 4.74 Å². The highest BCUT2D eigenvalue weighted by Crippen LogP contribution is 2.25. The minimum absolute atomic E-state index is 0.253. The van der Waals surface area contributed by atoms with Crippen LogP contribution < -0.4 is 10.1 Å². The van der Waals surface area contributed by atoms with Crippen LogP contribution in [0.15, 0.2) is 54.6 Å². The number of nitrogens with zero attached hydrogens (tertiary/aromatic N) is 4. The maximum atomic E-state index is 13.2. The van der Waals surface area contributed by atoms with E-state index in [9.17, 15) is 13.6 Å². The predicted molar refractivity (Wildman–Crippen MR) is 182 cm³/mol. The first-order chi connectivity index (χ1) is 23.0. The summed E-state index contributed by atoms with van der Waals surface area (Å²) >= 11 is 0. The molecule has 7 nitrogen and oxygen atoms in total. The zero-order valence-corrected chi connectivity index (χ0v) is 27.8. The van der Waals surface area contributed by atoms with Crippen LogP contribution in [0.2, 0.25) is 0 Å². The molecule has 1 aromatic carbocycles. The van der Waals surface area contributed by atoms with Gasteiger partial charge in [0.25, 0.3) is 0 Å². The maximum Gasteiger partial charge on any atom is 0.214 e. The van der Waals surface area contributed by atoms with E-state index in [0.29, 0.717) is 37.0 Å². The van der Waals surface area contributed by atoms with Crippen LogP contribution in [0, 0.1) is 17.6 Å². The largest absolute Gasteiger partial charge is 0.461 e. The topological polar surface area (TPSA) is 70.6 Å². The number of Topliss-reactive ketones (excluding diaryl/α,β-unsaturated/α-hetero) is 1.